The van der Waals surface area contributed by atoms with E-state index in [0.29, 0.717) is 6.61 Å². The fraction of sp³-hybridized carbons (Fsp3) is 0.421. The second kappa shape index (κ2) is 8.14. The summed E-state index contributed by atoms with van der Waals surface area (Å²) in [5.41, 5.74) is 0.961. The molecule has 7 nitrogen and oxygen atoms in total. The maximum absolute atomic E-state index is 10.7. The number of aromatic nitrogens is 1. The normalized spacial score (nSPS) is 16.3. The van der Waals surface area contributed by atoms with Crippen LogP contribution in [0.5, 0.6) is 5.75 Å². The Balaban J connectivity index is 1.58. The van der Waals surface area contributed by atoms with Gasteiger partial charge in [0.05, 0.1) is 30.7 Å². The molecular formula is C19H24N3O4+. The third-order valence-corrected chi connectivity index (χ3v) is 4.85. The Hall–Kier alpha value is -2.67. The molecule has 0 bridgehead atoms. The predicted octanol–water partition coefficient (Wildman–Crippen LogP) is 2.76. The molecule has 7 heteroatoms. The lowest BCUT2D eigenvalue weighted by Crippen LogP contribution is -2.38. The van der Waals surface area contributed by atoms with Crippen molar-refractivity contribution in [3.63, 3.8) is 0 Å². The van der Waals surface area contributed by atoms with Crippen LogP contribution in [0, 0.1) is 16.0 Å². The van der Waals surface area contributed by atoms with Crippen molar-refractivity contribution in [3.05, 3.63) is 58.3 Å². The zero-order chi connectivity index (χ0) is 18.5. The van der Waals surface area contributed by atoms with E-state index in [4.69, 9.17) is 4.74 Å². The van der Waals surface area contributed by atoms with Gasteiger partial charge in [0.25, 0.3) is 5.82 Å². The van der Waals surface area contributed by atoms with E-state index in [0.717, 1.165) is 43.1 Å². The second-order valence-electron chi connectivity index (χ2n) is 6.46. The quantitative estimate of drug-likeness (QED) is 0.633. The van der Waals surface area contributed by atoms with Gasteiger partial charge in [0.2, 0.25) is 0 Å². The molecule has 1 saturated heterocycles. The van der Waals surface area contributed by atoms with Gasteiger partial charge in [-0.25, -0.2) is 4.98 Å². The minimum Gasteiger partial charge on any atom is -0.494 e. The number of hydrogen-bond acceptors (Lipinski definition) is 5. The van der Waals surface area contributed by atoms with Crippen molar-refractivity contribution < 1.29 is 19.8 Å². The molecule has 1 aromatic carbocycles. The van der Waals surface area contributed by atoms with Crippen LogP contribution in [0.2, 0.25) is 0 Å². The number of ether oxygens (including phenoxy) is 1. The highest BCUT2D eigenvalue weighted by Crippen LogP contribution is 2.32. The lowest BCUT2D eigenvalue weighted by Gasteiger charge is -2.30. The first-order chi connectivity index (χ1) is 12.6. The molecule has 0 unspecified atom stereocenters. The number of H-pyrrole nitrogens is 1. The molecule has 0 amide bonds. The van der Waals surface area contributed by atoms with Crippen molar-refractivity contribution >= 4 is 11.5 Å². The molecule has 1 aliphatic heterocycles. The standard InChI is InChI=1S/C19H23N3O4/c1-2-26-17-6-3-14(4-7-17)19(23)15-9-11-21(12-10-15)18-8-5-16(13-20-18)22(24)25/h3-8,13,15,19,23H,2,9-12H2,1H3/p+1/t19-/m0/s1. The highest BCUT2D eigenvalue weighted by Gasteiger charge is 2.30. The molecule has 138 valence electrons. The van der Waals surface area contributed by atoms with Gasteiger partial charge in [-0.3, -0.25) is 15.0 Å². The molecule has 0 saturated carbocycles. The summed E-state index contributed by atoms with van der Waals surface area (Å²) in [6.07, 6.45) is 2.64. The Kier molecular flexibility index (Phi) is 5.68. The maximum atomic E-state index is 10.7. The van der Waals surface area contributed by atoms with Crippen molar-refractivity contribution in [3.8, 4) is 5.75 Å². The molecule has 2 N–H and O–H groups in total. The van der Waals surface area contributed by atoms with Gasteiger partial charge in [-0.05, 0) is 43.4 Å². The predicted molar refractivity (Wildman–Crippen MR) is 97.2 cm³/mol. The van der Waals surface area contributed by atoms with Crippen LogP contribution in [0.1, 0.15) is 31.4 Å². The van der Waals surface area contributed by atoms with Crippen LogP contribution >= 0.6 is 0 Å². The maximum Gasteiger partial charge on any atom is 0.308 e. The van der Waals surface area contributed by atoms with Crippen LogP contribution in [0.4, 0.5) is 11.5 Å². The summed E-state index contributed by atoms with van der Waals surface area (Å²) in [6.45, 7) is 4.17. The molecule has 0 aliphatic carbocycles. The van der Waals surface area contributed by atoms with Crippen LogP contribution in [0.3, 0.4) is 0 Å². The van der Waals surface area contributed by atoms with E-state index in [1.165, 1.54) is 12.3 Å². The third-order valence-electron chi connectivity index (χ3n) is 4.85. The number of anilines is 1. The number of hydrogen-bond donors (Lipinski definition) is 1. The van der Waals surface area contributed by atoms with Crippen molar-refractivity contribution in [2.24, 2.45) is 5.92 Å². The Bertz CT molecular complexity index is 725. The summed E-state index contributed by atoms with van der Waals surface area (Å²) in [4.78, 5) is 15.5. The average Bonchev–Trinajstić information content (AvgIpc) is 2.68. The number of rotatable bonds is 6. The van der Waals surface area contributed by atoms with E-state index >= 15 is 0 Å². The Labute approximate surface area is 152 Å². The number of pyridine rings is 1. The molecule has 2 heterocycles. The first kappa shape index (κ1) is 18.1. The molecule has 1 aromatic heterocycles. The first-order valence-electron chi connectivity index (χ1n) is 8.90. The summed E-state index contributed by atoms with van der Waals surface area (Å²) in [5.74, 6) is 1.87. The van der Waals surface area contributed by atoms with E-state index < -0.39 is 11.0 Å². The molecule has 3 rings (SSSR count). The van der Waals surface area contributed by atoms with Gasteiger partial charge in [0.15, 0.2) is 6.20 Å². The average molecular weight is 358 g/mol. The zero-order valence-corrected chi connectivity index (χ0v) is 14.8. The summed E-state index contributed by atoms with van der Waals surface area (Å²) >= 11 is 0. The minimum absolute atomic E-state index is 0.0505. The van der Waals surface area contributed by atoms with Gasteiger partial charge in [0, 0.05) is 12.1 Å². The summed E-state index contributed by atoms with van der Waals surface area (Å²) in [5, 5.41) is 21.4. The van der Waals surface area contributed by atoms with E-state index in [-0.39, 0.29) is 11.6 Å². The number of piperidine rings is 1. The summed E-state index contributed by atoms with van der Waals surface area (Å²) < 4.78 is 5.44. The van der Waals surface area contributed by atoms with Crippen molar-refractivity contribution in [2.75, 3.05) is 24.6 Å². The van der Waals surface area contributed by atoms with Crippen LogP contribution in [-0.2, 0) is 0 Å². The number of aliphatic hydroxyl groups is 1. The number of aromatic amines is 1. The van der Waals surface area contributed by atoms with Crippen molar-refractivity contribution in [1.82, 2.24) is 0 Å². The monoisotopic (exact) mass is 358 g/mol. The van der Waals surface area contributed by atoms with Gasteiger partial charge >= 0.3 is 5.69 Å². The Morgan fingerprint density at radius 1 is 1.27 bits per heavy atom. The van der Waals surface area contributed by atoms with E-state index in [1.54, 1.807) is 6.07 Å². The summed E-state index contributed by atoms with van der Waals surface area (Å²) in [6, 6.07) is 10.9. The molecule has 26 heavy (non-hydrogen) atoms. The lowest BCUT2D eigenvalue weighted by molar-refractivity contribution is -0.414. The Morgan fingerprint density at radius 2 is 1.96 bits per heavy atom. The highest BCUT2D eigenvalue weighted by molar-refractivity contribution is 5.38. The van der Waals surface area contributed by atoms with Gasteiger partial charge in [-0.15, -0.1) is 0 Å². The Morgan fingerprint density at radius 3 is 2.50 bits per heavy atom. The van der Waals surface area contributed by atoms with Gasteiger partial charge in [0.1, 0.15) is 5.75 Å². The van der Waals surface area contributed by atoms with E-state index in [9.17, 15) is 15.2 Å². The molecule has 0 spiro atoms. The van der Waals surface area contributed by atoms with E-state index in [2.05, 4.69) is 9.88 Å². The highest BCUT2D eigenvalue weighted by atomic mass is 16.6. The fourth-order valence-corrected chi connectivity index (χ4v) is 3.37. The van der Waals surface area contributed by atoms with Crippen LogP contribution in [-0.4, -0.2) is 29.7 Å². The van der Waals surface area contributed by atoms with Gasteiger partial charge < -0.3 is 9.84 Å². The molecule has 2 aromatic rings. The molecular weight excluding hydrogens is 334 g/mol. The topological polar surface area (TPSA) is 90.0 Å². The molecule has 1 atom stereocenters. The van der Waals surface area contributed by atoms with Gasteiger partial charge in [-0.1, -0.05) is 12.1 Å². The van der Waals surface area contributed by atoms with Crippen LogP contribution in [0.15, 0.2) is 42.6 Å². The smallest absolute Gasteiger partial charge is 0.308 e. The number of nitrogens with zero attached hydrogens (tertiary/aromatic N) is 2. The third kappa shape index (κ3) is 4.11. The van der Waals surface area contributed by atoms with Crippen molar-refractivity contribution in [1.29, 1.82) is 0 Å². The zero-order valence-electron chi connectivity index (χ0n) is 14.8. The van der Waals surface area contributed by atoms with E-state index in [1.807, 2.05) is 31.2 Å². The number of nitrogens with one attached hydrogen (secondary N) is 1. The van der Waals surface area contributed by atoms with Gasteiger partial charge in [-0.2, -0.15) is 0 Å². The SMILES string of the molecule is CCOc1ccc([C@H](O)C2CCN(c3ccc([N+](=O)[O-])c[nH+]3)CC2)cc1. The number of benzene rings is 1. The molecule has 1 fully saturated rings. The largest absolute Gasteiger partial charge is 0.494 e. The van der Waals surface area contributed by atoms with Crippen LogP contribution in [0.25, 0.3) is 0 Å². The lowest BCUT2D eigenvalue weighted by atomic mass is 9.87. The minimum atomic E-state index is -0.492. The molecule has 0 radical (unpaired) electrons. The fourth-order valence-electron chi connectivity index (χ4n) is 3.37. The van der Waals surface area contributed by atoms with Crippen molar-refractivity contribution in [2.45, 2.75) is 25.9 Å². The summed E-state index contributed by atoms with van der Waals surface area (Å²) in [7, 11) is 0. The second-order valence-corrected chi connectivity index (χ2v) is 6.46. The number of nitro groups is 1. The van der Waals surface area contributed by atoms with Crippen LogP contribution < -0.4 is 14.6 Å². The molecule has 1 aliphatic rings. The number of aliphatic hydroxyl groups excluding tert-OH is 1. The first-order valence-corrected chi connectivity index (χ1v) is 8.90.